The Morgan fingerprint density at radius 2 is 2.00 bits per heavy atom. The van der Waals surface area contributed by atoms with Crippen LogP contribution < -0.4 is 0 Å². The lowest BCUT2D eigenvalue weighted by atomic mass is 9.58. The molecule has 0 radical (unpaired) electrons. The van der Waals surface area contributed by atoms with Crippen LogP contribution in [0.25, 0.3) is 0 Å². The van der Waals surface area contributed by atoms with E-state index >= 15 is 0 Å². The molecule has 0 heteroatoms. The van der Waals surface area contributed by atoms with E-state index in [2.05, 4.69) is 47.6 Å². The molecule has 102 valence electrons. The maximum Gasteiger partial charge on any atom is -0.0135 e. The fraction of sp³-hybridized carbons (Fsp3) is 0.889. The van der Waals surface area contributed by atoms with Gasteiger partial charge < -0.3 is 0 Å². The largest absolute Gasteiger partial charge is 0.0842 e. The van der Waals surface area contributed by atoms with Crippen LogP contribution >= 0.6 is 0 Å². The van der Waals surface area contributed by atoms with Crippen LogP contribution in [0.2, 0.25) is 0 Å². The van der Waals surface area contributed by atoms with Crippen molar-refractivity contribution >= 4 is 0 Å². The molecule has 0 aromatic carbocycles. The van der Waals surface area contributed by atoms with Crippen molar-refractivity contribution in [2.45, 2.75) is 60.8 Å². The normalized spacial score (nSPS) is 54.1. The van der Waals surface area contributed by atoms with Crippen molar-refractivity contribution in [1.82, 2.24) is 0 Å². The number of hydrogen-bond acceptors (Lipinski definition) is 0. The van der Waals surface area contributed by atoms with Gasteiger partial charge in [0.15, 0.2) is 0 Å². The molecule has 0 amide bonds. The first kappa shape index (κ1) is 12.8. The van der Waals surface area contributed by atoms with E-state index in [0.29, 0.717) is 10.8 Å². The molecule has 2 fully saturated rings. The van der Waals surface area contributed by atoms with Crippen LogP contribution in [0.1, 0.15) is 60.8 Å². The molecule has 0 heterocycles. The van der Waals surface area contributed by atoms with Crippen molar-refractivity contribution in [3.8, 4) is 0 Å². The van der Waals surface area contributed by atoms with Gasteiger partial charge in [-0.2, -0.15) is 0 Å². The van der Waals surface area contributed by atoms with Gasteiger partial charge >= 0.3 is 0 Å². The summed E-state index contributed by atoms with van der Waals surface area (Å²) < 4.78 is 0. The topological polar surface area (TPSA) is 0 Å². The molecule has 0 N–H and O–H groups in total. The predicted molar refractivity (Wildman–Crippen MR) is 78.3 cm³/mol. The van der Waals surface area contributed by atoms with E-state index in [4.69, 9.17) is 0 Å². The van der Waals surface area contributed by atoms with E-state index in [1.165, 1.54) is 19.3 Å². The van der Waals surface area contributed by atoms with E-state index in [9.17, 15) is 0 Å². The Morgan fingerprint density at radius 1 is 1.33 bits per heavy atom. The van der Waals surface area contributed by atoms with Gasteiger partial charge in [-0.3, -0.25) is 0 Å². The van der Waals surface area contributed by atoms with Gasteiger partial charge in [0, 0.05) is 0 Å². The second kappa shape index (κ2) is 3.64. The second-order valence-corrected chi connectivity index (χ2v) is 7.96. The van der Waals surface area contributed by atoms with Crippen molar-refractivity contribution in [2.24, 2.45) is 40.4 Å². The average molecular weight is 246 g/mol. The summed E-state index contributed by atoms with van der Waals surface area (Å²) in [6.07, 6.45) is 6.89. The summed E-state index contributed by atoms with van der Waals surface area (Å²) in [5.74, 6) is 4.39. The summed E-state index contributed by atoms with van der Waals surface area (Å²) in [6.45, 7) is 15.0. The van der Waals surface area contributed by atoms with Gasteiger partial charge in [-0.25, -0.2) is 0 Å². The number of rotatable bonds is 2. The second-order valence-electron chi connectivity index (χ2n) is 7.96. The van der Waals surface area contributed by atoms with Crippen molar-refractivity contribution < 1.29 is 0 Å². The van der Waals surface area contributed by atoms with Crippen LogP contribution in [0.15, 0.2) is 11.6 Å². The third-order valence-electron chi connectivity index (χ3n) is 7.71. The number of allylic oxidation sites excluding steroid dienone is 2. The lowest BCUT2D eigenvalue weighted by molar-refractivity contribution is 0.0267. The minimum atomic E-state index is 0.584. The highest BCUT2D eigenvalue weighted by molar-refractivity contribution is 5.33. The number of hydrogen-bond donors (Lipinski definition) is 0. The highest BCUT2D eigenvalue weighted by Crippen LogP contribution is 2.74. The van der Waals surface area contributed by atoms with Crippen LogP contribution in [0.5, 0.6) is 0 Å². The summed E-state index contributed by atoms with van der Waals surface area (Å²) in [5, 5.41) is 0. The van der Waals surface area contributed by atoms with Gasteiger partial charge in [-0.15, -0.1) is 0 Å². The van der Waals surface area contributed by atoms with E-state index in [0.717, 1.165) is 29.6 Å². The van der Waals surface area contributed by atoms with Crippen molar-refractivity contribution in [2.75, 3.05) is 0 Å². The molecule has 2 bridgehead atoms. The maximum absolute atomic E-state index is 2.66. The summed E-state index contributed by atoms with van der Waals surface area (Å²) >= 11 is 0. The molecule has 0 spiro atoms. The molecule has 0 nitrogen and oxygen atoms in total. The monoisotopic (exact) mass is 246 g/mol. The summed E-state index contributed by atoms with van der Waals surface area (Å²) in [4.78, 5) is 0. The molecular weight excluding hydrogens is 216 g/mol. The Morgan fingerprint density at radius 3 is 2.56 bits per heavy atom. The van der Waals surface area contributed by atoms with Crippen molar-refractivity contribution in [3.63, 3.8) is 0 Å². The standard InChI is InChI=1S/C18H30/c1-7-16-17(6)13(5)12(4)14-8-9-18(16,11(2)3)10-15(14)17/h8,11-13,15-16H,7,9-10H2,1-6H3. The van der Waals surface area contributed by atoms with Crippen LogP contribution in [-0.2, 0) is 0 Å². The minimum absolute atomic E-state index is 0.584. The van der Waals surface area contributed by atoms with E-state index in [1.54, 1.807) is 0 Å². The van der Waals surface area contributed by atoms with Gasteiger partial charge in [0.1, 0.15) is 0 Å². The predicted octanol–water partition coefficient (Wildman–Crippen LogP) is 5.30. The smallest absolute Gasteiger partial charge is 0.0135 e. The Balaban J connectivity index is 2.16. The molecule has 3 aliphatic rings. The molecule has 18 heavy (non-hydrogen) atoms. The average Bonchev–Trinajstić information content (AvgIpc) is 2.66. The first-order valence-corrected chi connectivity index (χ1v) is 8.09. The van der Waals surface area contributed by atoms with Gasteiger partial charge in [0.25, 0.3) is 0 Å². The van der Waals surface area contributed by atoms with Gasteiger partial charge in [0.05, 0.1) is 0 Å². The SMILES string of the molecule is CCC1C2(C(C)C)CC=C3C(C)C(C)C1(C)C3C2. The lowest BCUT2D eigenvalue weighted by Crippen LogP contribution is -2.40. The third-order valence-corrected chi connectivity index (χ3v) is 7.71. The first-order valence-electron chi connectivity index (χ1n) is 8.09. The van der Waals surface area contributed by atoms with Crippen molar-refractivity contribution in [1.29, 1.82) is 0 Å². The first-order chi connectivity index (χ1) is 8.39. The molecule has 0 aromatic rings. The molecule has 3 aliphatic carbocycles. The maximum atomic E-state index is 2.66. The molecule has 0 saturated heterocycles. The molecule has 6 atom stereocenters. The Hall–Kier alpha value is -0.260. The Labute approximate surface area is 113 Å². The zero-order valence-corrected chi connectivity index (χ0v) is 13.1. The molecule has 2 saturated carbocycles. The summed E-state index contributed by atoms with van der Waals surface area (Å²) in [5.41, 5.74) is 3.03. The van der Waals surface area contributed by atoms with Crippen LogP contribution in [0, 0.1) is 40.4 Å². The fourth-order valence-corrected chi connectivity index (χ4v) is 6.44. The molecule has 3 rings (SSSR count). The molecular formula is C18H30. The van der Waals surface area contributed by atoms with Crippen LogP contribution in [0.3, 0.4) is 0 Å². The Kier molecular flexibility index (Phi) is 2.58. The van der Waals surface area contributed by atoms with Gasteiger partial charge in [-0.1, -0.05) is 59.6 Å². The number of fused-ring (bicyclic) bond motifs is 1. The third kappa shape index (κ3) is 1.14. The quantitative estimate of drug-likeness (QED) is 0.580. The van der Waals surface area contributed by atoms with Crippen LogP contribution in [-0.4, -0.2) is 0 Å². The zero-order valence-electron chi connectivity index (χ0n) is 13.1. The van der Waals surface area contributed by atoms with E-state index in [-0.39, 0.29) is 0 Å². The summed E-state index contributed by atoms with van der Waals surface area (Å²) in [6, 6.07) is 0. The molecule has 6 unspecified atom stereocenters. The highest BCUT2D eigenvalue weighted by atomic mass is 14.7. The van der Waals surface area contributed by atoms with Crippen molar-refractivity contribution in [3.05, 3.63) is 11.6 Å². The van der Waals surface area contributed by atoms with Gasteiger partial charge in [0.2, 0.25) is 0 Å². The summed E-state index contributed by atoms with van der Waals surface area (Å²) in [7, 11) is 0. The zero-order chi connectivity index (χ0) is 13.3. The minimum Gasteiger partial charge on any atom is -0.0842 e. The van der Waals surface area contributed by atoms with Crippen LogP contribution in [0.4, 0.5) is 0 Å². The van der Waals surface area contributed by atoms with E-state index < -0.39 is 0 Å². The van der Waals surface area contributed by atoms with Gasteiger partial charge in [-0.05, 0) is 53.3 Å². The fourth-order valence-electron chi connectivity index (χ4n) is 6.44. The molecule has 0 aromatic heterocycles. The van der Waals surface area contributed by atoms with E-state index in [1.807, 2.05) is 5.57 Å². The Bertz CT molecular complexity index is 391. The molecule has 0 aliphatic heterocycles. The lowest BCUT2D eigenvalue weighted by Gasteiger charge is -2.47. The highest BCUT2D eigenvalue weighted by Gasteiger charge is 2.67.